The van der Waals surface area contributed by atoms with Gasteiger partial charge in [-0.05, 0) is 36.8 Å². The van der Waals surface area contributed by atoms with Crippen molar-refractivity contribution < 1.29 is 8.42 Å². The van der Waals surface area contributed by atoms with Gasteiger partial charge in [-0.1, -0.05) is 35.9 Å². The summed E-state index contributed by atoms with van der Waals surface area (Å²) in [5.41, 5.74) is 6.73. The number of nitrogens with one attached hydrogen (secondary N) is 1. The highest BCUT2D eigenvalue weighted by atomic mass is 35.5. The molecule has 4 nitrogen and oxygen atoms in total. The van der Waals surface area contributed by atoms with Crippen LogP contribution in [-0.4, -0.2) is 8.42 Å². The van der Waals surface area contributed by atoms with Crippen molar-refractivity contribution in [2.45, 2.75) is 17.9 Å². The molecule has 0 saturated carbocycles. The Labute approximate surface area is 123 Å². The second-order valence-corrected chi connectivity index (χ2v) is 6.56. The Kier molecular flexibility index (Phi) is 4.32. The van der Waals surface area contributed by atoms with Gasteiger partial charge in [0.2, 0.25) is 10.0 Å². The van der Waals surface area contributed by atoms with E-state index in [0.717, 1.165) is 5.56 Å². The molecule has 0 radical (unpaired) electrons. The number of halogens is 1. The smallest absolute Gasteiger partial charge is 0.241 e. The maximum Gasteiger partial charge on any atom is 0.241 e. The van der Waals surface area contributed by atoms with Crippen LogP contribution in [0.25, 0.3) is 0 Å². The van der Waals surface area contributed by atoms with Crippen LogP contribution in [0.2, 0.25) is 5.02 Å². The van der Waals surface area contributed by atoms with E-state index in [0.29, 0.717) is 10.7 Å². The fourth-order valence-corrected chi connectivity index (χ4v) is 3.45. The number of nitrogen functional groups attached to an aromatic ring is 1. The molecule has 0 bridgehead atoms. The molecule has 0 saturated heterocycles. The largest absolute Gasteiger partial charge is 0.399 e. The minimum atomic E-state index is -3.64. The lowest BCUT2D eigenvalue weighted by molar-refractivity contribution is 0.567. The fraction of sp³-hybridized carbons (Fsp3) is 0.143. The van der Waals surface area contributed by atoms with Crippen molar-refractivity contribution in [3.05, 3.63) is 59.1 Å². The normalized spacial score (nSPS) is 13.1. The fourth-order valence-electron chi connectivity index (χ4n) is 1.87. The van der Waals surface area contributed by atoms with Crippen molar-refractivity contribution in [3.8, 4) is 0 Å². The quantitative estimate of drug-likeness (QED) is 0.853. The first kappa shape index (κ1) is 14.8. The Morgan fingerprint density at radius 1 is 1.15 bits per heavy atom. The van der Waals surface area contributed by atoms with E-state index in [2.05, 4.69) is 4.72 Å². The van der Waals surface area contributed by atoms with Crippen LogP contribution in [0.4, 0.5) is 5.69 Å². The summed E-state index contributed by atoms with van der Waals surface area (Å²) in [6, 6.07) is 12.8. The van der Waals surface area contributed by atoms with Gasteiger partial charge in [-0.25, -0.2) is 13.1 Å². The molecular weight excluding hydrogens is 296 g/mol. The second-order valence-electron chi connectivity index (χ2n) is 4.44. The van der Waals surface area contributed by atoms with E-state index in [-0.39, 0.29) is 4.90 Å². The third kappa shape index (κ3) is 3.30. The average Bonchev–Trinajstić information content (AvgIpc) is 2.38. The van der Waals surface area contributed by atoms with Crippen molar-refractivity contribution >= 4 is 27.3 Å². The summed E-state index contributed by atoms with van der Waals surface area (Å²) in [5.74, 6) is 0. The topological polar surface area (TPSA) is 72.2 Å². The molecule has 0 aliphatic heterocycles. The van der Waals surface area contributed by atoms with E-state index in [4.69, 9.17) is 17.3 Å². The molecule has 0 fully saturated rings. The summed E-state index contributed by atoms with van der Waals surface area (Å²) < 4.78 is 27.1. The van der Waals surface area contributed by atoms with Gasteiger partial charge in [-0.3, -0.25) is 0 Å². The second kappa shape index (κ2) is 5.83. The number of hydrogen-bond acceptors (Lipinski definition) is 3. The summed E-state index contributed by atoms with van der Waals surface area (Å²) in [6.45, 7) is 1.74. The van der Waals surface area contributed by atoms with Gasteiger partial charge in [-0.15, -0.1) is 0 Å². The summed E-state index contributed by atoms with van der Waals surface area (Å²) in [7, 11) is -3.64. The van der Waals surface area contributed by atoms with Gasteiger partial charge in [0.15, 0.2) is 0 Å². The first-order valence-electron chi connectivity index (χ1n) is 6.02. The highest BCUT2D eigenvalue weighted by Gasteiger charge is 2.19. The lowest BCUT2D eigenvalue weighted by Crippen LogP contribution is -2.27. The number of benzene rings is 2. The van der Waals surface area contributed by atoms with Crippen LogP contribution >= 0.6 is 11.6 Å². The van der Waals surface area contributed by atoms with E-state index in [1.807, 2.05) is 6.07 Å². The summed E-state index contributed by atoms with van der Waals surface area (Å²) in [6.07, 6.45) is 0. The molecule has 2 rings (SSSR count). The zero-order valence-electron chi connectivity index (χ0n) is 10.9. The Morgan fingerprint density at radius 2 is 1.85 bits per heavy atom. The van der Waals surface area contributed by atoms with Crippen LogP contribution in [0.1, 0.15) is 18.5 Å². The zero-order chi connectivity index (χ0) is 14.8. The molecule has 0 amide bonds. The first-order chi connectivity index (χ1) is 9.40. The molecule has 0 aromatic heterocycles. The van der Waals surface area contributed by atoms with Gasteiger partial charge in [0.1, 0.15) is 0 Å². The molecular formula is C14H15ClN2O2S. The number of nitrogens with two attached hydrogens (primary N) is 1. The van der Waals surface area contributed by atoms with E-state index in [9.17, 15) is 8.42 Å². The highest BCUT2D eigenvalue weighted by Crippen LogP contribution is 2.24. The molecule has 2 aromatic rings. The monoisotopic (exact) mass is 310 g/mol. The van der Waals surface area contributed by atoms with E-state index < -0.39 is 16.1 Å². The lowest BCUT2D eigenvalue weighted by Gasteiger charge is -2.16. The molecule has 2 aromatic carbocycles. The zero-order valence-corrected chi connectivity index (χ0v) is 12.4. The number of anilines is 1. The third-order valence-corrected chi connectivity index (χ3v) is 4.75. The van der Waals surface area contributed by atoms with Crippen LogP contribution in [-0.2, 0) is 10.0 Å². The van der Waals surface area contributed by atoms with Crippen molar-refractivity contribution in [2.75, 3.05) is 5.73 Å². The lowest BCUT2D eigenvalue weighted by atomic mass is 10.1. The molecule has 0 spiro atoms. The van der Waals surface area contributed by atoms with Crippen LogP contribution in [0, 0.1) is 0 Å². The molecule has 0 heterocycles. The molecule has 0 aliphatic carbocycles. The minimum Gasteiger partial charge on any atom is -0.399 e. The van der Waals surface area contributed by atoms with Crippen molar-refractivity contribution in [3.63, 3.8) is 0 Å². The predicted octanol–water partition coefficient (Wildman–Crippen LogP) is 2.96. The van der Waals surface area contributed by atoms with Crippen molar-refractivity contribution in [1.82, 2.24) is 4.72 Å². The maximum atomic E-state index is 12.3. The third-order valence-electron chi connectivity index (χ3n) is 2.87. The van der Waals surface area contributed by atoms with Gasteiger partial charge < -0.3 is 5.73 Å². The van der Waals surface area contributed by atoms with Gasteiger partial charge in [0.25, 0.3) is 0 Å². The summed E-state index contributed by atoms with van der Waals surface area (Å²) in [5, 5.41) is 0.523. The van der Waals surface area contributed by atoms with E-state index >= 15 is 0 Å². The Bertz CT molecular complexity index is 717. The number of sulfonamides is 1. The molecule has 1 atom stereocenters. The number of hydrogen-bond donors (Lipinski definition) is 2. The Morgan fingerprint density at radius 3 is 2.50 bits per heavy atom. The van der Waals surface area contributed by atoms with Crippen LogP contribution < -0.4 is 10.5 Å². The average molecular weight is 311 g/mol. The minimum absolute atomic E-state index is 0.136. The van der Waals surface area contributed by atoms with Gasteiger partial charge in [-0.2, -0.15) is 0 Å². The Balaban J connectivity index is 2.27. The summed E-state index contributed by atoms with van der Waals surface area (Å²) >= 11 is 6.06. The van der Waals surface area contributed by atoms with Crippen molar-refractivity contribution in [2.24, 2.45) is 0 Å². The standard InChI is InChI=1S/C14H15ClN2O2S/c1-10(13-7-2-3-8-14(13)15)17-20(18,19)12-6-4-5-11(16)9-12/h2-10,17H,16H2,1H3. The Hall–Kier alpha value is -1.56. The SMILES string of the molecule is CC(NS(=O)(=O)c1cccc(N)c1)c1ccccc1Cl. The van der Waals surface area contributed by atoms with Crippen LogP contribution in [0.5, 0.6) is 0 Å². The van der Waals surface area contributed by atoms with Gasteiger partial charge in [0.05, 0.1) is 4.90 Å². The van der Waals surface area contributed by atoms with Crippen molar-refractivity contribution in [1.29, 1.82) is 0 Å². The summed E-state index contributed by atoms with van der Waals surface area (Å²) in [4.78, 5) is 0.136. The van der Waals surface area contributed by atoms with E-state index in [1.54, 1.807) is 37.3 Å². The molecule has 1 unspecified atom stereocenters. The van der Waals surface area contributed by atoms with Crippen LogP contribution in [0.3, 0.4) is 0 Å². The maximum absolute atomic E-state index is 12.3. The number of rotatable bonds is 4. The molecule has 3 N–H and O–H groups in total. The molecule has 20 heavy (non-hydrogen) atoms. The van der Waals surface area contributed by atoms with E-state index in [1.165, 1.54) is 12.1 Å². The highest BCUT2D eigenvalue weighted by molar-refractivity contribution is 7.89. The van der Waals surface area contributed by atoms with Gasteiger partial charge >= 0.3 is 0 Å². The molecule has 6 heteroatoms. The molecule has 106 valence electrons. The molecule has 0 aliphatic rings. The predicted molar refractivity (Wildman–Crippen MR) is 81.0 cm³/mol. The van der Waals surface area contributed by atoms with Gasteiger partial charge in [0, 0.05) is 16.8 Å². The first-order valence-corrected chi connectivity index (χ1v) is 7.88. The van der Waals surface area contributed by atoms with Crippen LogP contribution in [0.15, 0.2) is 53.4 Å².